The molecule has 0 aliphatic heterocycles. The summed E-state index contributed by atoms with van der Waals surface area (Å²) in [5, 5.41) is 14.4. The Morgan fingerprint density at radius 3 is 2.67 bits per heavy atom. The first-order valence-corrected chi connectivity index (χ1v) is 8.76. The fraction of sp³-hybridized carbons (Fsp3) is 0.267. The van der Waals surface area contributed by atoms with Crippen molar-refractivity contribution in [2.24, 2.45) is 0 Å². The molecule has 2 N–H and O–H groups in total. The van der Waals surface area contributed by atoms with E-state index in [4.69, 9.17) is 4.42 Å². The molecule has 0 saturated carbocycles. The molecule has 0 unspecified atom stereocenters. The van der Waals surface area contributed by atoms with Gasteiger partial charge in [0.15, 0.2) is 0 Å². The van der Waals surface area contributed by atoms with Crippen LogP contribution in [0.1, 0.15) is 22.8 Å². The van der Waals surface area contributed by atoms with Gasteiger partial charge in [0.2, 0.25) is 21.8 Å². The van der Waals surface area contributed by atoms with Crippen molar-refractivity contribution in [3.8, 4) is 11.5 Å². The first kappa shape index (κ1) is 16.3. The lowest BCUT2D eigenvalue weighted by atomic mass is 10.1. The summed E-state index contributed by atoms with van der Waals surface area (Å²) in [6, 6.07) is 7.62. The highest BCUT2D eigenvalue weighted by Gasteiger charge is 2.22. The van der Waals surface area contributed by atoms with Gasteiger partial charge in [0.25, 0.3) is 0 Å². The maximum absolute atomic E-state index is 12.4. The molecule has 1 aromatic carbocycles. The van der Waals surface area contributed by atoms with Gasteiger partial charge in [-0.15, -0.1) is 10.2 Å². The third kappa shape index (κ3) is 3.22. The number of hydrogen-bond donors (Lipinski definition) is 2. The van der Waals surface area contributed by atoms with E-state index in [1.54, 1.807) is 13.8 Å². The number of nitrogens with one attached hydrogen (secondary N) is 2. The van der Waals surface area contributed by atoms with Crippen LogP contribution in [0, 0.1) is 20.8 Å². The van der Waals surface area contributed by atoms with Crippen LogP contribution < -0.4 is 4.72 Å². The molecule has 0 amide bonds. The topological polar surface area (TPSA) is 114 Å². The normalized spacial score (nSPS) is 11.8. The highest BCUT2D eigenvalue weighted by Crippen LogP contribution is 2.20. The second-order valence-electron chi connectivity index (χ2n) is 5.46. The molecule has 0 fully saturated rings. The van der Waals surface area contributed by atoms with Gasteiger partial charge < -0.3 is 4.42 Å². The molecule has 2 aromatic heterocycles. The zero-order valence-electron chi connectivity index (χ0n) is 13.5. The number of sulfonamides is 1. The van der Waals surface area contributed by atoms with Crippen molar-refractivity contribution in [3.63, 3.8) is 0 Å². The van der Waals surface area contributed by atoms with Crippen molar-refractivity contribution >= 4 is 10.0 Å². The van der Waals surface area contributed by atoms with E-state index in [0.29, 0.717) is 17.3 Å². The number of benzene rings is 1. The van der Waals surface area contributed by atoms with Crippen molar-refractivity contribution < 1.29 is 12.8 Å². The van der Waals surface area contributed by atoms with Crippen molar-refractivity contribution in [2.75, 3.05) is 0 Å². The minimum Gasteiger partial charge on any atom is -0.419 e. The Morgan fingerprint density at radius 2 is 2.00 bits per heavy atom. The van der Waals surface area contributed by atoms with E-state index >= 15 is 0 Å². The number of nitrogens with zero attached hydrogens (tertiary/aromatic N) is 3. The van der Waals surface area contributed by atoms with Crippen molar-refractivity contribution in [2.45, 2.75) is 32.2 Å². The summed E-state index contributed by atoms with van der Waals surface area (Å²) in [5.41, 5.74) is 2.74. The van der Waals surface area contributed by atoms with Gasteiger partial charge in [-0.2, -0.15) is 5.10 Å². The van der Waals surface area contributed by atoms with Crippen LogP contribution in [0.15, 0.2) is 33.6 Å². The molecule has 126 valence electrons. The van der Waals surface area contributed by atoms with Crippen LogP contribution in [0.3, 0.4) is 0 Å². The van der Waals surface area contributed by atoms with E-state index in [1.807, 2.05) is 31.2 Å². The minimum atomic E-state index is -3.71. The van der Waals surface area contributed by atoms with Gasteiger partial charge in [-0.1, -0.05) is 17.7 Å². The second-order valence-corrected chi connectivity index (χ2v) is 7.16. The molecule has 2 heterocycles. The molecule has 0 saturated heterocycles. The van der Waals surface area contributed by atoms with E-state index < -0.39 is 10.0 Å². The van der Waals surface area contributed by atoms with E-state index in [2.05, 4.69) is 25.1 Å². The largest absolute Gasteiger partial charge is 0.419 e. The molecule has 8 nitrogen and oxygen atoms in total. The monoisotopic (exact) mass is 347 g/mol. The number of hydrogen-bond acceptors (Lipinski definition) is 6. The maximum atomic E-state index is 12.4. The molecule has 0 spiro atoms. The SMILES string of the molecule is Cc1cccc(-c2nnc(CNS(=O)(=O)c3c(C)n[nH]c3C)o2)c1. The number of aromatic amines is 1. The van der Waals surface area contributed by atoms with Crippen molar-refractivity contribution in [3.05, 3.63) is 47.1 Å². The average Bonchev–Trinajstić information content (AvgIpc) is 3.12. The molecule has 9 heteroatoms. The summed E-state index contributed by atoms with van der Waals surface area (Å²) >= 11 is 0. The highest BCUT2D eigenvalue weighted by molar-refractivity contribution is 7.89. The quantitative estimate of drug-likeness (QED) is 0.728. The van der Waals surface area contributed by atoms with Gasteiger partial charge >= 0.3 is 0 Å². The Morgan fingerprint density at radius 1 is 1.21 bits per heavy atom. The molecule has 0 atom stereocenters. The van der Waals surface area contributed by atoms with Crippen LogP contribution in [0.4, 0.5) is 0 Å². The molecule has 24 heavy (non-hydrogen) atoms. The lowest BCUT2D eigenvalue weighted by Gasteiger charge is -2.04. The highest BCUT2D eigenvalue weighted by atomic mass is 32.2. The van der Waals surface area contributed by atoms with Crippen LogP contribution in [-0.2, 0) is 16.6 Å². The molecule has 0 aliphatic carbocycles. The van der Waals surface area contributed by atoms with Crippen LogP contribution in [0.25, 0.3) is 11.5 Å². The van der Waals surface area contributed by atoms with Gasteiger partial charge in [0.05, 0.1) is 17.9 Å². The van der Waals surface area contributed by atoms with E-state index in [1.165, 1.54) is 0 Å². The van der Waals surface area contributed by atoms with Gasteiger partial charge in [-0.25, -0.2) is 13.1 Å². The van der Waals surface area contributed by atoms with E-state index in [-0.39, 0.29) is 17.3 Å². The Kier molecular flexibility index (Phi) is 4.20. The molecular formula is C15H17N5O3S. The third-order valence-electron chi connectivity index (χ3n) is 3.47. The summed E-state index contributed by atoms with van der Waals surface area (Å²) in [6.45, 7) is 5.15. The van der Waals surface area contributed by atoms with Gasteiger partial charge in [0.1, 0.15) is 4.90 Å². The molecule has 0 aliphatic rings. The zero-order chi connectivity index (χ0) is 17.3. The van der Waals surface area contributed by atoms with Crippen LogP contribution in [-0.4, -0.2) is 28.8 Å². The summed E-state index contributed by atoms with van der Waals surface area (Å²) in [4.78, 5) is 0.140. The first-order valence-electron chi connectivity index (χ1n) is 7.27. The Labute approximate surface area is 139 Å². The summed E-state index contributed by atoms with van der Waals surface area (Å²) < 4.78 is 32.7. The molecule has 3 rings (SSSR count). The smallest absolute Gasteiger partial charge is 0.247 e. The summed E-state index contributed by atoms with van der Waals surface area (Å²) in [5.74, 6) is 0.539. The van der Waals surface area contributed by atoms with E-state index in [9.17, 15) is 8.42 Å². The minimum absolute atomic E-state index is 0.0921. The van der Waals surface area contributed by atoms with Crippen LogP contribution in [0.5, 0.6) is 0 Å². The Balaban J connectivity index is 1.76. The molecule has 0 radical (unpaired) electrons. The summed E-state index contributed by atoms with van der Waals surface area (Å²) in [6.07, 6.45) is 0. The van der Waals surface area contributed by atoms with Crippen LogP contribution >= 0.6 is 0 Å². The van der Waals surface area contributed by atoms with Gasteiger partial charge in [0, 0.05) is 5.56 Å². The zero-order valence-corrected chi connectivity index (χ0v) is 14.3. The maximum Gasteiger partial charge on any atom is 0.247 e. The number of rotatable bonds is 5. The second kappa shape index (κ2) is 6.17. The predicted molar refractivity (Wildman–Crippen MR) is 86.6 cm³/mol. The Hall–Kier alpha value is -2.52. The van der Waals surface area contributed by atoms with Crippen molar-refractivity contribution in [1.82, 2.24) is 25.1 Å². The molecule has 3 aromatic rings. The van der Waals surface area contributed by atoms with Crippen LogP contribution in [0.2, 0.25) is 0 Å². The lowest BCUT2D eigenvalue weighted by Crippen LogP contribution is -2.24. The standard InChI is InChI=1S/C15H17N5O3S/c1-9-5-4-6-12(7-9)15-20-19-13(23-15)8-16-24(21,22)14-10(2)17-18-11(14)3/h4-7,16H,8H2,1-3H3,(H,17,18). The molecular weight excluding hydrogens is 330 g/mol. The number of aromatic nitrogens is 4. The number of aryl methyl sites for hydroxylation is 3. The fourth-order valence-electron chi connectivity index (χ4n) is 2.39. The van der Waals surface area contributed by atoms with E-state index in [0.717, 1.165) is 11.1 Å². The average molecular weight is 347 g/mol. The first-order chi connectivity index (χ1) is 11.4. The third-order valence-corrected chi connectivity index (χ3v) is 5.14. The van der Waals surface area contributed by atoms with Gasteiger partial charge in [-0.05, 0) is 32.9 Å². The number of H-pyrrole nitrogens is 1. The lowest BCUT2D eigenvalue weighted by molar-refractivity contribution is 0.494. The predicted octanol–water partition coefficient (Wildman–Crippen LogP) is 1.86. The van der Waals surface area contributed by atoms with Crippen molar-refractivity contribution in [1.29, 1.82) is 0 Å². The fourth-order valence-corrected chi connectivity index (χ4v) is 3.73. The Bertz CT molecular complexity index is 955. The molecule has 0 bridgehead atoms. The summed E-state index contributed by atoms with van der Waals surface area (Å²) in [7, 11) is -3.71. The van der Waals surface area contributed by atoms with Gasteiger partial charge in [-0.3, -0.25) is 5.10 Å².